The Morgan fingerprint density at radius 1 is 1.03 bits per heavy atom. The van der Waals surface area contributed by atoms with Gasteiger partial charge in [0.15, 0.2) is 0 Å². The third-order valence-corrected chi connectivity index (χ3v) is 6.36. The van der Waals surface area contributed by atoms with Crippen molar-refractivity contribution < 1.29 is 19.4 Å². The Bertz CT molecular complexity index is 1280. The van der Waals surface area contributed by atoms with Gasteiger partial charge in [0.2, 0.25) is 0 Å². The van der Waals surface area contributed by atoms with Gasteiger partial charge in [-0.05, 0) is 124 Å². The molecule has 6 nitrogen and oxygen atoms in total. The minimum absolute atomic E-state index is 0.00190. The smallest absolute Gasteiger partial charge is 0.335 e. The van der Waals surface area contributed by atoms with E-state index in [1.54, 1.807) is 18.2 Å². The normalized spacial score (nSPS) is 11.0. The van der Waals surface area contributed by atoms with Crippen LogP contribution in [-0.4, -0.2) is 17.0 Å². The summed E-state index contributed by atoms with van der Waals surface area (Å²) in [6.07, 6.45) is 1.55. The van der Waals surface area contributed by atoms with Gasteiger partial charge in [-0.25, -0.2) is 4.79 Å². The molecule has 0 saturated carbocycles. The number of carbonyl (C=O) groups excluding carboxylic acids is 1. The molecule has 3 rings (SSSR count). The van der Waals surface area contributed by atoms with Crippen molar-refractivity contribution in [2.45, 2.75) is 20.5 Å². The van der Waals surface area contributed by atoms with Gasteiger partial charge in [-0.3, -0.25) is 4.79 Å². The molecule has 0 fully saturated rings. The third kappa shape index (κ3) is 6.80. The molecule has 0 atom stereocenters. The predicted octanol–water partition coefficient (Wildman–Crippen LogP) is 6.34. The standard InChI is InChI=1S/C26H20I2N2O4/c1-15-7-16(2)9-21(8-15)30-25(31)20(13-29)10-18-11-22(27)24(23(28)12-18)34-14-17-3-5-19(6-4-17)26(32)33/h3-12H,14H2,1-2H3,(H,30,31)(H,32,33)/b20-10-. The van der Waals surface area contributed by atoms with Gasteiger partial charge in [0.25, 0.3) is 5.91 Å². The highest BCUT2D eigenvalue weighted by atomic mass is 127. The summed E-state index contributed by atoms with van der Waals surface area (Å²) in [6.45, 7) is 4.17. The van der Waals surface area contributed by atoms with Gasteiger partial charge in [0.1, 0.15) is 24.0 Å². The molecular formula is C26H20I2N2O4. The summed E-state index contributed by atoms with van der Waals surface area (Å²) in [4.78, 5) is 23.7. The van der Waals surface area contributed by atoms with Gasteiger partial charge >= 0.3 is 5.97 Å². The lowest BCUT2D eigenvalue weighted by Gasteiger charge is -2.12. The van der Waals surface area contributed by atoms with E-state index in [4.69, 9.17) is 9.84 Å². The maximum Gasteiger partial charge on any atom is 0.335 e. The zero-order valence-corrected chi connectivity index (χ0v) is 22.7. The molecule has 8 heteroatoms. The average molecular weight is 678 g/mol. The summed E-state index contributed by atoms with van der Waals surface area (Å²) < 4.78 is 7.61. The highest BCUT2D eigenvalue weighted by Crippen LogP contribution is 2.30. The molecule has 0 aromatic heterocycles. The second-order valence-corrected chi connectivity index (χ2v) is 9.93. The first kappa shape index (κ1) is 25.7. The van der Waals surface area contributed by atoms with E-state index < -0.39 is 11.9 Å². The number of carboxylic acids is 1. The second-order valence-electron chi connectivity index (χ2n) is 7.60. The predicted molar refractivity (Wildman–Crippen MR) is 148 cm³/mol. The minimum Gasteiger partial charge on any atom is -0.487 e. The van der Waals surface area contributed by atoms with Crippen molar-refractivity contribution in [3.8, 4) is 11.8 Å². The van der Waals surface area contributed by atoms with Gasteiger partial charge in [-0.1, -0.05) is 18.2 Å². The summed E-state index contributed by atoms with van der Waals surface area (Å²) in [7, 11) is 0. The number of ether oxygens (including phenoxy) is 1. The van der Waals surface area contributed by atoms with Crippen LogP contribution in [0.4, 0.5) is 5.69 Å². The van der Waals surface area contributed by atoms with Crippen molar-refractivity contribution in [1.29, 1.82) is 5.26 Å². The van der Waals surface area contributed by atoms with Crippen LogP contribution in [-0.2, 0) is 11.4 Å². The molecule has 0 radical (unpaired) electrons. The van der Waals surface area contributed by atoms with Crippen LogP contribution in [0.5, 0.6) is 5.75 Å². The summed E-state index contributed by atoms with van der Waals surface area (Å²) in [6, 6.07) is 17.9. The van der Waals surface area contributed by atoms with Crippen molar-refractivity contribution in [1.82, 2.24) is 0 Å². The first-order valence-electron chi connectivity index (χ1n) is 10.1. The van der Waals surface area contributed by atoms with E-state index in [0.717, 1.165) is 23.8 Å². The third-order valence-electron chi connectivity index (χ3n) is 4.76. The van der Waals surface area contributed by atoms with Crippen LogP contribution < -0.4 is 10.1 Å². The number of anilines is 1. The Hall–Kier alpha value is -2.91. The number of carbonyl (C=O) groups is 2. The number of benzene rings is 3. The van der Waals surface area contributed by atoms with Crippen LogP contribution in [0.3, 0.4) is 0 Å². The van der Waals surface area contributed by atoms with E-state index in [9.17, 15) is 14.9 Å². The van der Waals surface area contributed by atoms with Crippen molar-refractivity contribution in [3.05, 3.63) is 95.1 Å². The number of hydrogen-bond donors (Lipinski definition) is 2. The highest BCUT2D eigenvalue weighted by Gasteiger charge is 2.13. The van der Waals surface area contributed by atoms with Crippen LogP contribution >= 0.6 is 45.2 Å². The molecule has 172 valence electrons. The molecule has 0 saturated heterocycles. The number of aromatic carboxylic acids is 1. The van der Waals surface area contributed by atoms with Crippen molar-refractivity contribution in [2.75, 3.05) is 5.32 Å². The number of nitrogens with one attached hydrogen (secondary N) is 1. The maximum atomic E-state index is 12.7. The van der Waals surface area contributed by atoms with Gasteiger partial charge in [-0.2, -0.15) is 5.26 Å². The van der Waals surface area contributed by atoms with E-state index in [0.29, 0.717) is 17.0 Å². The quantitative estimate of drug-likeness (QED) is 0.173. The number of nitriles is 1. The number of aryl methyl sites for hydroxylation is 2. The van der Waals surface area contributed by atoms with Gasteiger partial charge < -0.3 is 15.2 Å². The molecule has 0 aliphatic carbocycles. The minimum atomic E-state index is -0.973. The topological polar surface area (TPSA) is 99.4 Å². The molecule has 2 N–H and O–H groups in total. The van der Waals surface area contributed by atoms with Crippen LogP contribution in [0.2, 0.25) is 0 Å². The molecule has 34 heavy (non-hydrogen) atoms. The number of nitrogens with zero attached hydrogens (tertiary/aromatic N) is 1. The first-order valence-corrected chi connectivity index (χ1v) is 12.3. The molecule has 0 heterocycles. The monoisotopic (exact) mass is 678 g/mol. The van der Waals surface area contributed by atoms with Crippen LogP contribution in [0.15, 0.2) is 60.2 Å². The summed E-state index contributed by atoms with van der Waals surface area (Å²) in [5.41, 5.74) is 4.46. The number of hydrogen-bond acceptors (Lipinski definition) is 4. The zero-order chi connectivity index (χ0) is 24.8. The van der Waals surface area contributed by atoms with E-state index in [1.165, 1.54) is 12.1 Å². The summed E-state index contributed by atoms with van der Waals surface area (Å²) >= 11 is 4.30. The SMILES string of the molecule is Cc1cc(C)cc(NC(=O)/C(C#N)=C\c2cc(I)c(OCc3ccc(C(=O)O)cc3)c(I)c2)c1. The largest absolute Gasteiger partial charge is 0.487 e. The molecule has 3 aromatic rings. The highest BCUT2D eigenvalue weighted by molar-refractivity contribution is 14.1. The lowest BCUT2D eigenvalue weighted by atomic mass is 10.1. The number of amides is 1. The average Bonchev–Trinajstić information content (AvgIpc) is 2.76. The number of halogens is 2. The van der Waals surface area contributed by atoms with Crippen molar-refractivity contribution in [3.63, 3.8) is 0 Å². The molecule has 0 aliphatic rings. The van der Waals surface area contributed by atoms with Crippen LogP contribution in [0.1, 0.15) is 32.6 Å². The van der Waals surface area contributed by atoms with Crippen LogP contribution in [0, 0.1) is 32.3 Å². The first-order chi connectivity index (χ1) is 16.2. The van der Waals surface area contributed by atoms with E-state index >= 15 is 0 Å². The Balaban J connectivity index is 1.76. The number of carboxylic acid groups (broad SMARTS) is 1. The fourth-order valence-electron chi connectivity index (χ4n) is 3.26. The Kier molecular flexibility index (Phi) is 8.68. The van der Waals surface area contributed by atoms with E-state index in [2.05, 4.69) is 50.5 Å². The Morgan fingerprint density at radius 2 is 1.62 bits per heavy atom. The van der Waals surface area contributed by atoms with Crippen LogP contribution in [0.25, 0.3) is 6.08 Å². The van der Waals surface area contributed by atoms with Gasteiger partial charge in [-0.15, -0.1) is 0 Å². The lowest BCUT2D eigenvalue weighted by molar-refractivity contribution is -0.112. The van der Waals surface area contributed by atoms with Crippen molar-refractivity contribution in [2.24, 2.45) is 0 Å². The maximum absolute atomic E-state index is 12.7. The lowest BCUT2D eigenvalue weighted by Crippen LogP contribution is -2.13. The second kappa shape index (κ2) is 11.5. The fourth-order valence-corrected chi connectivity index (χ4v) is 5.39. The molecule has 3 aromatic carbocycles. The van der Waals surface area contributed by atoms with Gasteiger partial charge in [0, 0.05) is 5.69 Å². The summed E-state index contributed by atoms with van der Waals surface area (Å²) in [5.74, 6) is -0.763. The molecule has 0 spiro atoms. The number of rotatable bonds is 7. The fraction of sp³-hybridized carbons (Fsp3) is 0.115. The van der Waals surface area contributed by atoms with Crippen molar-refractivity contribution >= 4 is 68.8 Å². The Morgan fingerprint density at radius 3 is 2.15 bits per heavy atom. The molecule has 0 bridgehead atoms. The van der Waals surface area contributed by atoms with E-state index in [1.807, 2.05) is 50.2 Å². The summed E-state index contributed by atoms with van der Waals surface area (Å²) in [5, 5.41) is 21.4. The molecule has 0 aliphatic heterocycles. The molecule has 1 amide bonds. The molecule has 0 unspecified atom stereocenters. The molecular weight excluding hydrogens is 658 g/mol. The van der Waals surface area contributed by atoms with Gasteiger partial charge in [0.05, 0.1) is 12.7 Å². The Labute approximate surface area is 224 Å². The van der Waals surface area contributed by atoms with E-state index in [-0.39, 0.29) is 17.7 Å². The zero-order valence-electron chi connectivity index (χ0n) is 18.4.